The highest BCUT2D eigenvalue weighted by molar-refractivity contribution is 5.79. The number of ether oxygens (including phenoxy) is 1. The van der Waals surface area contributed by atoms with Crippen LogP contribution in [0.3, 0.4) is 0 Å². The standard InChI is InChI=1S/C17H24N6O2/c1-11(2)25-17-15(18-5-6-20-17)21-10-12-9-13(24)23(4)14(12)16-19-7-8-22(16)3/h5-8,11-12,14H,9-10H2,1-4H3,(H,18,21)/t12-,14+/m0/s1. The van der Waals surface area contributed by atoms with Crippen LogP contribution in [0.4, 0.5) is 5.82 Å². The molecule has 1 amide bonds. The van der Waals surface area contributed by atoms with Crippen LogP contribution < -0.4 is 10.1 Å². The van der Waals surface area contributed by atoms with Gasteiger partial charge in [-0.1, -0.05) is 0 Å². The maximum Gasteiger partial charge on any atom is 0.257 e. The van der Waals surface area contributed by atoms with Crippen LogP contribution in [0.25, 0.3) is 0 Å². The van der Waals surface area contributed by atoms with E-state index >= 15 is 0 Å². The van der Waals surface area contributed by atoms with E-state index in [9.17, 15) is 4.79 Å². The van der Waals surface area contributed by atoms with Crippen molar-refractivity contribution in [1.29, 1.82) is 0 Å². The zero-order chi connectivity index (χ0) is 18.0. The molecule has 1 N–H and O–H groups in total. The molecule has 0 bridgehead atoms. The van der Waals surface area contributed by atoms with Gasteiger partial charge in [-0.05, 0) is 13.8 Å². The highest BCUT2D eigenvalue weighted by Gasteiger charge is 2.40. The van der Waals surface area contributed by atoms with Gasteiger partial charge in [0.1, 0.15) is 5.82 Å². The van der Waals surface area contributed by atoms with E-state index in [1.54, 1.807) is 23.5 Å². The molecular weight excluding hydrogens is 320 g/mol. The third kappa shape index (κ3) is 3.57. The summed E-state index contributed by atoms with van der Waals surface area (Å²) in [4.78, 5) is 27.0. The number of likely N-dealkylation sites (tertiary alicyclic amines) is 1. The van der Waals surface area contributed by atoms with Crippen LogP contribution in [0.2, 0.25) is 0 Å². The highest BCUT2D eigenvalue weighted by atomic mass is 16.5. The second kappa shape index (κ2) is 7.08. The summed E-state index contributed by atoms with van der Waals surface area (Å²) in [5, 5.41) is 3.30. The molecule has 8 heteroatoms. The van der Waals surface area contributed by atoms with Crippen molar-refractivity contribution in [3.05, 3.63) is 30.6 Å². The lowest BCUT2D eigenvalue weighted by atomic mass is 9.99. The first-order valence-electron chi connectivity index (χ1n) is 8.41. The summed E-state index contributed by atoms with van der Waals surface area (Å²) in [6.45, 7) is 4.47. The number of carbonyl (C=O) groups excluding carboxylic acids is 1. The van der Waals surface area contributed by atoms with Crippen molar-refractivity contribution in [2.24, 2.45) is 13.0 Å². The molecular formula is C17H24N6O2. The van der Waals surface area contributed by atoms with Crippen LogP contribution >= 0.6 is 0 Å². The molecule has 3 heterocycles. The summed E-state index contributed by atoms with van der Waals surface area (Å²) in [7, 11) is 3.78. The predicted octanol–water partition coefficient (Wildman–Crippen LogP) is 1.63. The van der Waals surface area contributed by atoms with Crippen molar-refractivity contribution in [2.75, 3.05) is 18.9 Å². The average Bonchev–Trinajstić information content (AvgIpc) is 3.10. The van der Waals surface area contributed by atoms with Crippen LogP contribution in [-0.2, 0) is 11.8 Å². The fourth-order valence-corrected chi connectivity index (χ4v) is 3.17. The zero-order valence-corrected chi connectivity index (χ0v) is 15.0. The lowest BCUT2D eigenvalue weighted by molar-refractivity contribution is -0.127. The van der Waals surface area contributed by atoms with E-state index < -0.39 is 0 Å². The number of imidazole rings is 1. The van der Waals surface area contributed by atoms with E-state index in [0.29, 0.717) is 24.7 Å². The second-order valence-corrected chi connectivity index (χ2v) is 6.57. The van der Waals surface area contributed by atoms with Crippen molar-refractivity contribution in [3.63, 3.8) is 0 Å². The molecule has 134 valence electrons. The van der Waals surface area contributed by atoms with Gasteiger partial charge in [0.05, 0.1) is 12.1 Å². The number of carbonyl (C=O) groups is 1. The van der Waals surface area contributed by atoms with E-state index in [4.69, 9.17) is 4.74 Å². The molecule has 1 aliphatic heterocycles. The molecule has 0 aliphatic carbocycles. The van der Waals surface area contributed by atoms with Crippen molar-refractivity contribution >= 4 is 11.7 Å². The molecule has 25 heavy (non-hydrogen) atoms. The lowest BCUT2D eigenvalue weighted by Crippen LogP contribution is -2.29. The zero-order valence-electron chi connectivity index (χ0n) is 15.0. The Hall–Kier alpha value is -2.64. The predicted molar refractivity (Wildman–Crippen MR) is 93.1 cm³/mol. The lowest BCUT2D eigenvalue weighted by Gasteiger charge is -2.25. The van der Waals surface area contributed by atoms with Gasteiger partial charge in [-0.3, -0.25) is 4.79 Å². The summed E-state index contributed by atoms with van der Waals surface area (Å²) >= 11 is 0. The van der Waals surface area contributed by atoms with Gasteiger partial charge in [0.15, 0.2) is 5.82 Å². The Kier molecular flexibility index (Phi) is 4.87. The SMILES string of the molecule is CC(C)Oc1nccnc1NC[C@@H]1CC(=O)N(C)[C@H]1c1nccn1C. The summed E-state index contributed by atoms with van der Waals surface area (Å²) < 4.78 is 7.65. The van der Waals surface area contributed by atoms with Gasteiger partial charge in [0, 0.05) is 57.8 Å². The Morgan fingerprint density at radius 1 is 1.24 bits per heavy atom. The summed E-state index contributed by atoms with van der Waals surface area (Å²) in [6, 6.07) is -0.0638. The molecule has 8 nitrogen and oxygen atoms in total. The van der Waals surface area contributed by atoms with Gasteiger partial charge in [0.2, 0.25) is 5.91 Å². The van der Waals surface area contributed by atoms with Crippen molar-refractivity contribution < 1.29 is 9.53 Å². The molecule has 0 aromatic carbocycles. The summed E-state index contributed by atoms with van der Waals surface area (Å²) in [5.74, 6) is 2.17. The van der Waals surface area contributed by atoms with Crippen LogP contribution in [0.5, 0.6) is 5.88 Å². The Morgan fingerprint density at radius 2 is 2.00 bits per heavy atom. The molecule has 1 saturated heterocycles. The first kappa shape index (κ1) is 17.2. The van der Waals surface area contributed by atoms with Gasteiger partial charge in [-0.25, -0.2) is 15.0 Å². The number of hydrogen-bond donors (Lipinski definition) is 1. The van der Waals surface area contributed by atoms with E-state index in [1.807, 2.05) is 38.7 Å². The van der Waals surface area contributed by atoms with Crippen LogP contribution in [0.1, 0.15) is 32.1 Å². The van der Waals surface area contributed by atoms with Crippen LogP contribution in [0.15, 0.2) is 24.8 Å². The number of anilines is 1. The Morgan fingerprint density at radius 3 is 2.68 bits per heavy atom. The van der Waals surface area contributed by atoms with Crippen LogP contribution in [-0.4, -0.2) is 50.0 Å². The molecule has 0 spiro atoms. The third-order valence-corrected chi connectivity index (χ3v) is 4.36. The van der Waals surface area contributed by atoms with E-state index in [0.717, 1.165) is 5.82 Å². The molecule has 2 atom stereocenters. The molecule has 0 unspecified atom stereocenters. The van der Waals surface area contributed by atoms with Crippen molar-refractivity contribution in [1.82, 2.24) is 24.4 Å². The van der Waals surface area contributed by atoms with E-state index in [2.05, 4.69) is 20.3 Å². The summed E-state index contributed by atoms with van der Waals surface area (Å²) in [6.07, 6.45) is 7.37. The first-order valence-corrected chi connectivity index (χ1v) is 8.41. The fraction of sp³-hybridized carbons (Fsp3) is 0.529. The monoisotopic (exact) mass is 344 g/mol. The normalized spacial score (nSPS) is 20.4. The third-order valence-electron chi connectivity index (χ3n) is 4.36. The molecule has 2 aromatic heterocycles. The number of hydrogen-bond acceptors (Lipinski definition) is 6. The maximum absolute atomic E-state index is 12.2. The minimum absolute atomic E-state index is 0.0109. The van der Waals surface area contributed by atoms with Crippen LogP contribution in [0, 0.1) is 5.92 Å². The number of amides is 1. The Bertz CT molecular complexity index is 744. The number of aryl methyl sites for hydroxylation is 1. The van der Waals surface area contributed by atoms with E-state index in [1.165, 1.54) is 0 Å². The molecule has 3 rings (SSSR count). The molecule has 0 saturated carbocycles. The Labute approximate surface area is 147 Å². The van der Waals surface area contributed by atoms with Crippen molar-refractivity contribution in [3.8, 4) is 5.88 Å². The van der Waals surface area contributed by atoms with Gasteiger partial charge in [-0.15, -0.1) is 0 Å². The number of nitrogens with one attached hydrogen (secondary N) is 1. The molecule has 1 fully saturated rings. The first-order chi connectivity index (χ1) is 12.0. The topological polar surface area (TPSA) is 85.2 Å². The van der Waals surface area contributed by atoms with Crippen molar-refractivity contribution in [2.45, 2.75) is 32.4 Å². The van der Waals surface area contributed by atoms with Gasteiger partial charge < -0.3 is 19.5 Å². The maximum atomic E-state index is 12.2. The van der Waals surface area contributed by atoms with Gasteiger partial charge in [0.25, 0.3) is 5.88 Å². The average molecular weight is 344 g/mol. The highest BCUT2D eigenvalue weighted by Crippen LogP contribution is 2.36. The van der Waals surface area contributed by atoms with E-state index in [-0.39, 0.29) is 24.0 Å². The van der Waals surface area contributed by atoms with Gasteiger partial charge in [-0.2, -0.15) is 0 Å². The molecule has 1 aliphatic rings. The minimum Gasteiger partial charge on any atom is -0.472 e. The number of aromatic nitrogens is 4. The largest absolute Gasteiger partial charge is 0.472 e. The summed E-state index contributed by atoms with van der Waals surface area (Å²) in [5.41, 5.74) is 0. The number of rotatable bonds is 6. The second-order valence-electron chi connectivity index (χ2n) is 6.57. The molecule has 2 aromatic rings. The fourth-order valence-electron chi connectivity index (χ4n) is 3.17. The Balaban J connectivity index is 1.76. The smallest absolute Gasteiger partial charge is 0.257 e. The molecule has 0 radical (unpaired) electrons. The quantitative estimate of drug-likeness (QED) is 0.857. The van der Waals surface area contributed by atoms with Gasteiger partial charge >= 0.3 is 0 Å². The minimum atomic E-state index is -0.0638. The number of nitrogens with zero attached hydrogens (tertiary/aromatic N) is 5.